The van der Waals surface area contributed by atoms with E-state index in [9.17, 15) is 19.7 Å². The molecule has 1 aromatic heterocycles. The Morgan fingerprint density at radius 1 is 1.00 bits per heavy atom. The highest BCUT2D eigenvalue weighted by molar-refractivity contribution is 7.80. The van der Waals surface area contributed by atoms with Gasteiger partial charge in [-0.1, -0.05) is 24.3 Å². The molecule has 0 aliphatic carbocycles. The number of thiophene rings is 1. The van der Waals surface area contributed by atoms with Gasteiger partial charge in [0.15, 0.2) is 5.11 Å². The summed E-state index contributed by atoms with van der Waals surface area (Å²) in [6.07, 6.45) is 0. The van der Waals surface area contributed by atoms with Crippen molar-refractivity contribution in [1.29, 1.82) is 0 Å². The zero-order chi connectivity index (χ0) is 24.1. The first-order valence-electron chi connectivity index (χ1n) is 9.48. The van der Waals surface area contributed by atoms with Crippen molar-refractivity contribution in [2.75, 3.05) is 24.9 Å². The van der Waals surface area contributed by atoms with E-state index in [1.807, 2.05) is 0 Å². The van der Waals surface area contributed by atoms with Gasteiger partial charge in [0.25, 0.3) is 5.69 Å². The van der Waals surface area contributed by atoms with E-state index in [4.69, 9.17) is 21.7 Å². The zero-order valence-corrected chi connectivity index (χ0v) is 19.5. The van der Waals surface area contributed by atoms with Gasteiger partial charge in [0.2, 0.25) is 0 Å². The van der Waals surface area contributed by atoms with Gasteiger partial charge in [-0.2, -0.15) is 0 Å². The first-order valence-corrected chi connectivity index (χ1v) is 10.7. The zero-order valence-electron chi connectivity index (χ0n) is 17.8. The van der Waals surface area contributed by atoms with Crippen molar-refractivity contribution in [2.45, 2.75) is 6.92 Å². The van der Waals surface area contributed by atoms with Gasteiger partial charge in [-0.05, 0) is 48.5 Å². The second-order valence-electron chi connectivity index (χ2n) is 6.67. The molecule has 3 rings (SSSR count). The van der Waals surface area contributed by atoms with Crippen molar-refractivity contribution in [3.63, 3.8) is 0 Å². The number of carbonyl (C=O) groups excluding carboxylic acids is 2. The number of esters is 2. The van der Waals surface area contributed by atoms with Crippen molar-refractivity contribution in [2.24, 2.45) is 0 Å². The molecule has 11 heteroatoms. The number of hydrogen-bond acceptors (Lipinski definition) is 8. The Kier molecular flexibility index (Phi) is 7.36. The molecule has 0 aliphatic heterocycles. The Bertz CT molecular complexity index is 1240. The molecule has 2 N–H and O–H groups in total. The summed E-state index contributed by atoms with van der Waals surface area (Å²) >= 11 is 6.38. The van der Waals surface area contributed by atoms with Crippen LogP contribution in [0.1, 0.15) is 25.6 Å². The van der Waals surface area contributed by atoms with Gasteiger partial charge >= 0.3 is 11.9 Å². The quantitative estimate of drug-likeness (QED) is 0.215. The van der Waals surface area contributed by atoms with Crippen molar-refractivity contribution >= 4 is 57.0 Å². The molecule has 1 heterocycles. The third-order valence-corrected chi connectivity index (χ3v) is 6.08. The minimum absolute atomic E-state index is 0.0141. The predicted molar refractivity (Wildman–Crippen MR) is 130 cm³/mol. The third-order valence-electron chi connectivity index (χ3n) is 4.69. The molecule has 0 radical (unpaired) electrons. The monoisotopic (exact) mass is 485 g/mol. The molecule has 0 spiro atoms. The summed E-state index contributed by atoms with van der Waals surface area (Å²) in [4.78, 5) is 35.4. The van der Waals surface area contributed by atoms with Crippen LogP contribution in [-0.2, 0) is 9.47 Å². The van der Waals surface area contributed by atoms with Crippen molar-refractivity contribution in [3.8, 4) is 11.1 Å². The maximum atomic E-state index is 12.2. The third kappa shape index (κ3) is 5.16. The van der Waals surface area contributed by atoms with Crippen molar-refractivity contribution in [1.82, 2.24) is 0 Å². The van der Waals surface area contributed by atoms with Crippen LogP contribution >= 0.6 is 23.6 Å². The van der Waals surface area contributed by atoms with E-state index in [-0.39, 0.29) is 21.2 Å². The summed E-state index contributed by atoms with van der Waals surface area (Å²) in [5, 5.41) is 17.7. The first kappa shape index (κ1) is 23.8. The lowest BCUT2D eigenvalue weighted by Gasteiger charge is -2.11. The summed E-state index contributed by atoms with van der Waals surface area (Å²) in [6, 6.07) is 13.4. The average Bonchev–Trinajstić information content (AvgIpc) is 3.13. The molecule has 170 valence electrons. The van der Waals surface area contributed by atoms with Crippen LogP contribution in [0.15, 0.2) is 48.5 Å². The van der Waals surface area contributed by atoms with E-state index in [1.165, 1.54) is 20.3 Å². The topological polar surface area (TPSA) is 120 Å². The number of nitro groups is 1. The fraction of sp³-hybridized carbons (Fsp3) is 0.136. The van der Waals surface area contributed by atoms with Gasteiger partial charge in [0, 0.05) is 11.8 Å². The molecule has 0 aliphatic rings. The van der Waals surface area contributed by atoms with Gasteiger partial charge in [0.1, 0.15) is 9.88 Å². The lowest BCUT2D eigenvalue weighted by Crippen LogP contribution is -2.20. The van der Waals surface area contributed by atoms with E-state index in [0.29, 0.717) is 27.4 Å². The molecule has 0 amide bonds. The fourth-order valence-corrected chi connectivity index (χ4v) is 4.51. The Labute approximate surface area is 198 Å². The van der Waals surface area contributed by atoms with Crippen LogP contribution in [0.25, 0.3) is 11.1 Å². The van der Waals surface area contributed by atoms with Gasteiger partial charge < -0.3 is 20.1 Å². The molecular formula is C22H19N3O6S2. The number of nitrogens with one attached hydrogen (secondary N) is 2. The van der Waals surface area contributed by atoms with E-state index >= 15 is 0 Å². The molecule has 0 atom stereocenters. The largest absolute Gasteiger partial charge is 0.465 e. The number of methoxy groups -OCH3 is 2. The Morgan fingerprint density at radius 3 is 2.24 bits per heavy atom. The van der Waals surface area contributed by atoms with Crippen molar-refractivity contribution in [3.05, 3.63) is 74.6 Å². The molecule has 3 aromatic rings. The minimum Gasteiger partial charge on any atom is -0.465 e. The van der Waals surface area contributed by atoms with Crippen LogP contribution in [0.4, 0.5) is 16.4 Å². The lowest BCUT2D eigenvalue weighted by atomic mass is 10.0. The number of rotatable bonds is 6. The second kappa shape index (κ2) is 10.2. The number of benzene rings is 2. The highest BCUT2D eigenvalue weighted by Crippen LogP contribution is 2.34. The number of thiocarbonyl (C=S) groups is 1. The molecule has 0 bridgehead atoms. The summed E-state index contributed by atoms with van der Waals surface area (Å²) in [7, 11) is 2.50. The normalized spacial score (nSPS) is 10.3. The molecule has 9 nitrogen and oxygen atoms in total. The smallest absolute Gasteiger partial charge is 0.348 e. The van der Waals surface area contributed by atoms with Crippen LogP contribution in [0.5, 0.6) is 0 Å². The summed E-state index contributed by atoms with van der Waals surface area (Å²) in [5.41, 5.74) is 2.44. The highest BCUT2D eigenvalue weighted by atomic mass is 32.1. The van der Waals surface area contributed by atoms with E-state index in [2.05, 4.69) is 10.6 Å². The van der Waals surface area contributed by atoms with Crippen LogP contribution in [0, 0.1) is 17.0 Å². The predicted octanol–water partition coefficient (Wildman–Crippen LogP) is 5.01. The molecule has 33 heavy (non-hydrogen) atoms. The van der Waals surface area contributed by atoms with Gasteiger partial charge in [-0.15, -0.1) is 11.3 Å². The SMILES string of the molecule is COC(=O)c1sc(NC(=S)Nc2ccc(-c3ccccc3[N+](=O)[O-])cc2)c(C(=O)OC)c1C. The summed E-state index contributed by atoms with van der Waals surface area (Å²) < 4.78 is 9.60. The second-order valence-corrected chi connectivity index (χ2v) is 8.10. The van der Waals surface area contributed by atoms with E-state index in [1.54, 1.807) is 49.4 Å². The number of ether oxygens (including phenoxy) is 2. The number of anilines is 2. The number of carbonyl (C=O) groups is 2. The summed E-state index contributed by atoms with van der Waals surface area (Å²) in [6.45, 7) is 1.62. The molecule has 0 saturated carbocycles. The molecule has 0 saturated heterocycles. The Hall–Kier alpha value is -3.83. The number of hydrogen-bond donors (Lipinski definition) is 2. The lowest BCUT2D eigenvalue weighted by molar-refractivity contribution is -0.384. The maximum Gasteiger partial charge on any atom is 0.348 e. The Balaban J connectivity index is 1.80. The number of nitrogens with zero attached hydrogens (tertiary/aromatic N) is 1. The van der Waals surface area contributed by atoms with Crippen molar-refractivity contribution < 1.29 is 24.0 Å². The van der Waals surface area contributed by atoms with Crippen LogP contribution in [0.2, 0.25) is 0 Å². The molecule has 2 aromatic carbocycles. The average molecular weight is 486 g/mol. The highest BCUT2D eigenvalue weighted by Gasteiger charge is 2.26. The number of para-hydroxylation sites is 1. The van der Waals surface area contributed by atoms with Crippen LogP contribution in [0.3, 0.4) is 0 Å². The molecule has 0 unspecified atom stereocenters. The number of nitro benzene ring substituents is 1. The van der Waals surface area contributed by atoms with E-state index < -0.39 is 16.9 Å². The summed E-state index contributed by atoms with van der Waals surface area (Å²) in [5.74, 6) is -1.18. The first-order chi connectivity index (χ1) is 15.8. The van der Waals surface area contributed by atoms with Crippen LogP contribution < -0.4 is 10.6 Å². The maximum absolute atomic E-state index is 12.2. The van der Waals surface area contributed by atoms with Gasteiger partial charge in [-0.25, -0.2) is 9.59 Å². The molecule has 0 fully saturated rings. The fourth-order valence-electron chi connectivity index (χ4n) is 3.11. The van der Waals surface area contributed by atoms with Crippen LogP contribution in [-0.4, -0.2) is 36.2 Å². The minimum atomic E-state index is -0.613. The standard InChI is InChI=1S/C22H19N3O6S2/c1-12-17(20(26)30-2)19(33-18(12)21(27)31-3)24-22(32)23-14-10-8-13(9-11-14)15-6-4-5-7-16(15)25(28)29/h4-11H,1-3H3,(H2,23,24,32). The molecular weight excluding hydrogens is 466 g/mol. The van der Waals surface area contributed by atoms with Gasteiger partial charge in [0.05, 0.1) is 30.3 Å². The van der Waals surface area contributed by atoms with Gasteiger partial charge in [-0.3, -0.25) is 10.1 Å². The van der Waals surface area contributed by atoms with E-state index in [0.717, 1.165) is 11.3 Å². The Morgan fingerprint density at radius 2 is 1.64 bits per heavy atom.